The number of aromatic nitrogens is 5. The second-order valence-corrected chi connectivity index (χ2v) is 8.86. The van der Waals surface area contributed by atoms with Crippen molar-refractivity contribution < 1.29 is 22.7 Å². The highest BCUT2D eigenvalue weighted by atomic mass is 32.2. The van der Waals surface area contributed by atoms with Crippen LogP contribution in [0, 0.1) is 0 Å². The van der Waals surface area contributed by atoms with Gasteiger partial charge in [0.15, 0.2) is 10.9 Å². The first-order chi connectivity index (χ1) is 17.8. The van der Waals surface area contributed by atoms with Crippen LogP contribution in [-0.2, 0) is 12.2 Å². The molecule has 1 amide bonds. The number of benzene rings is 2. The van der Waals surface area contributed by atoms with Crippen LogP contribution < -0.4 is 10.1 Å². The summed E-state index contributed by atoms with van der Waals surface area (Å²) in [4.78, 5) is 21.5. The van der Waals surface area contributed by atoms with E-state index in [0.717, 1.165) is 19.3 Å². The van der Waals surface area contributed by atoms with E-state index in [1.807, 2.05) is 24.3 Å². The van der Waals surface area contributed by atoms with Crippen molar-refractivity contribution >= 4 is 23.4 Å². The molecule has 0 unspecified atom stereocenters. The monoisotopic (exact) mass is 528 g/mol. The number of aryl methyl sites for hydroxylation is 1. The van der Waals surface area contributed by atoms with Gasteiger partial charge in [-0.3, -0.25) is 4.79 Å². The maximum absolute atomic E-state index is 13.1. The number of halogens is 3. The molecule has 192 valence electrons. The van der Waals surface area contributed by atoms with Gasteiger partial charge in [-0.05, 0) is 60.9 Å². The molecule has 4 aromatic rings. The maximum Gasteiger partial charge on any atom is 0.573 e. The van der Waals surface area contributed by atoms with Gasteiger partial charge < -0.3 is 10.1 Å². The van der Waals surface area contributed by atoms with Gasteiger partial charge in [-0.25, -0.2) is 14.6 Å². The lowest BCUT2D eigenvalue weighted by molar-refractivity contribution is -0.274. The van der Waals surface area contributed by atoms with Crippen molar-refractivity contribution in [3.8, 4) is 11.4 Å². The lowest BCUT2D eigenvalue weighted by Crippen LogP contribution is -2.17. The highest BCUT2D eigenvalue weighted by Gasteiger charge is 2.31. The molecule has 2 aromatic carbocycles. The summed E-state index contributed by atoms with van der Waals surface area (Å²) in [5.74, 6) is -0.601. The summed E-state index contributed by atoms with van der Waals surface area (Å²) in [6.45, 7) is 2.13. The van der Waals surface area contributed by atoms with Gasteiger partial charge in [-0.2, -0.15) is 0 Å². The number of hydrogen-bond donors (Lipinski definition) is 1. The van der Waals surface area contributed by atoms with Crippen LogP contribution in [-0.4, -0.2) is 37.2 Å². The molecule has 0 bridgehead atoms. The van der Waals surface area contributed by atoms with Gasteiger partial charge in [0, 0.05) is 23.8 Å². The summed E-state index contributed by atoms with van der Waals surface area (Å²) in [5.41, 5.74) is 2.71. The van der Waals surface area contributed by atoms with Crippen LogP contribution in [0.1, 0.15) is 41.5 Å². The number of unbranched alkanes of at least 4 members (excludes halogenated alkanes) is 1. The fraction of sp³-hybridized carbons (Fsp3) is 0.240. The third kappa shape index (κ3) is 7.29. The number of thioether (sulfide) groups is 1. The van der Waals surface area contributed by atoms with E-state index in [9.17, 15) is 18.0 Å². The Hall–Kier alpha value is -3.93. The zero-order valence-electron chi connectivity index (χ0n) is 19.8. The van der Waals surface area contributed by atoms with Gasteiger partial charge in [0.05, 0.1) is 11.4 Å². The Morgan fingerprint density at radius 2 is 1.76 bits per heavy atom. The van der Waals surface area contributed by atoms with Crippen LogP contribution >= 0.6 is 11.8 Å². The van der Waals surface area contributed by atoms with Gasteiger partial charge in [-0.15, -0.1) is 18.3 Å². The van der Waals surface area contributed by atoms with E-state index in [4.69, 9.17) is 0 Å². The van der Waals surface area contributed by atoms with Crippen molar-refractivity contribution in [2.24, 2.45) is 0 Å². The Morgan fingerprint density at radius 1 is 1.05 bits per heavy atom. The first kappa shape index (κ1) is 26.1. The number of alkyl halides is 3. The molecule has 1 N–H and O–H groups in total. The molecular weight excluding hydrogens is 505 g/mol. The molecule has 2 heterocycles. The van der Waals surface area contributed by atoms with Crippen LogP contribution in [0.3, 0.4) is 0 Å². The van der Waals surface area contributed by atoms with E-state index in [1.54, 1.807) is 18.5 Å². The molecule has 2 aromatic heterocycles. The fourth-order valence-electron chi connectivity index (χ4n) is 3.42. The summed E-state index contributed by atoms with van der Waals surface area (Å²) < 4.78 is 42.9. The Balaban J connectivity index is 1.58. The molecule has 12 heteroatoms. The maximum atomic E-state index is 13.1. The second-order valence-electron chi connectivity index (χ2n) is 7.91. The molecule has 0 aliphatic carbocycles. The number of ether oxygens (including phenoxy) is 1. The van der Waals surface area contributed by atoms with Crippen LogP contribution in [0.4, 0.5) is 18.9 Å². The Labute approximate surface area is 215 Å². The molecule has 0 aliphatic rings. The zero-order valence-corrected chi connectivity index (χ0v) is 20.6. The van der Waals surface area contributed by atoms with E-state index >= 15 is 0 Å². The van der Waals surface area contributed by atoms with E-state index in [1.165, 1.54) is 46.3 Å². The Bertz CT molecular complexity index is 1310. The average Bonchev–Trinajstić information content (AvgIpc) is 3.31. The number of nitrogens with one attached hydrogen (secondary N) is 1. The van der Waals surface area contributed by atoms with Crippen molar-refractivity contribution in [3.63, 3.8) is 0 Å². The minimum atomic E-state index is -4.80. The summed E-state index contributed by atoms with van der Waals surface area (Å²) in [6, 6.07) is 14.4. The van der Waals surface area contributed by atoms with Crippen molar-refractivity contribution in [2.75, 3.05) is 5.32 Å². The molecule has 0 spiro atoms. The number of carbonyl (C=O) groups excluding carboxylic acids is 1. The Morgan fingerprint density at radius 3 is 2.41 bits per heavy atom. The van der Waals surface area contributed by atoms with Crippen molar-refractivity contribution in [1.82, 2.24) is 25.0 Å². The van der Waals surface area contributed by atoms with Crippen molar-refractivity contribution in [2.45, 2.75) is 43.5 Å². The molecule has 0 aliphatic heterocycles. The molecule has 37 heavy (non-hydrogen) atoms. The zero-order chi connectivity index (χ0) is 26.3. The summed E-state index contributed by atoms with van der Waals surface area (Å²) in [5, 5.41) is 11.5. The summed E-state index contributed by atoms with van der Waals surface area (Å²) >= 11 is 1.27. The lowest BCUT2D eigenvalue weighted by Gasteiger charge is -2.11. The predicted octanol–water partition coefficient (Wildman–Crippen LogP) is 5.84. The number of rotatable bonds is 10. The van der Waals surface area contributed by atoms with E-state index in [2.05, 4.69) is 37.3 Å². The van der Waals surface area contributed by atoms with E-state index in [0.29, 0.717) is 22.2 Å². The van der Waals surface area contributed by atoms with E-state index < -0.39 is 12.3 Å². The van der Waals surface area contributed by atoms with Crippen molar-refractivity contribution in [1.29, 1.82) is 0 Å². The molecule has 8 nitrogen and oxygen atoms in total. The molecule has 4 rings (SSSR count). The highest BCUT2D eigenvalue weighted by molar-refractivity contribution is 7.98. The van der Waals surface area contributed by atoms with Crippen LogP contribution in [0.15, 0.2) is 72.1 Å². The molecule has 0 radical (unpaired) electrons. The average molecular weight is 529 g/mol. The first-order valence-electron chi connectivity index (χ1n) is 11.4. The standard InChI is InChI=1S/C25H23F3N6O2S/c1-2-3-5-17-6-8-18(9-7-17)31-23(35)22-21(16-37-24-29-14-4-15-30-24)34(33-32-22)19-10-12-20(13-11-19)36-25(26,27)28/h4,6-15H,2-3,5,16H2,1H3,(H,31,35). The van der Waals surface area contributed by atoms with Crippen LogP contribution in [0.5, 0.6) is 5.75 Å². The van der Waals surface area contributed by atoms with Crippen molar-refractivity contribution in [3.05, 3.63) is 83.9 Å². The van der Waals surface area contributed by atoms with Gasteiger partial charge in [0.1, 0.15) is 5.75 Å². The molecular formula is C25H23F3N6O2S. The number of nitrogens with zero attached hydrogens (tertiary/aromatic N) is 5. The number of hydrogen-bond acceptors (Lipinski definition) is 7. The molecule has 0 saturated carbocycles. The Kier molecular flexibility index (Phi) is 8.39. The predicted molar refractivity (Wildman–Crippen MR) is 133 cm³/mol. The molecule has 0 saturated heterocycles. The normalized spacial score (nSPS) is 11.4. The third-order valence-corrected chi connectivity index (χ3v) is 6.09. The fourth-order valence-corrected chi connectivity index (χ4v) is 4.22. The van der Waals surface area contributed by atoms with Crippen LogP contribution in [0.25, 0.3) is 5.69 Å². The summed E-state index contributed by atoms with van der Waals surface area (Å²) in [7, 11) is 0. The largest absolute Gasteiger partial charge is 0.573 e. The topological polar surface area (TPSA) is 94.8 Å². The minimum Gasteiger partial charge on any atom is -0.406 e. The minimum absolute atomic E-state index is 0.0779. The van der Waals surface area contributed by atoms with Crippen LogP contribution in [0.2, 0.25) is 0 Å². The van der Waals surface area contributed by atoms with Gasteiger partial charge >= 0.3 is 6.36 Å². The third-order valence-electron chi connectivity index (χ3n) is 5.20. The SMILES string of the molecule is CCCCc1ccc(NC(=O)c2nnn(-c3ccc(OC(F)(F)F)cc3)c2CSc2ncccn2)cc1. The smallest absolute Gasteiger partial charge is 0.406 e. The van der Waals surface area contributed by atoms with Gasteiger partial charge in [0.25, 0.3) is 5.91 Å². The number of carbonyl (C=O) groups is 1. The highest BCUT2D eigenvalue weighted by Crippen LogP contribution is 2.26. The van der Waals surface area contributed by atoms with Gasteiger partial charge in [0.2, 0.25) is 0 Å². The number of anilines is 1. The lowest BCUT2D eigenvalue weighted by atomic mass is 10.1. The summed E-state index contributed by atoms with van der Waals surface area (Å²) in [6.07, 6.45) is 1.55. The van der Waals surface area contributed by atoms with Gasteiger partial charge in [-0.1, -0.05) is 42.5 Å². The molecule has 0 atom stereocenters. The quantitative estimate of drug-likeness (QED) is 0.204. The molecule has 0 fully saturated rings. The second kappa shape index (κ2) is 11.9. The van der Waals surface area contributed by atoms with E-state index in [-0.39, 0.29) is 17.2 Å². The first-order valence-corrected chi connectivity index (χ1v) is 12.4. The number of amides is 1.